The summed E-state index contributed by atoms with van der Waals surface area (Å²) in [6.07, 6.45) is 0. The van der Waals surface area contributed by atoms with E-state index in [2.05, 4.69) is 0 Å². The molecule has 0 amide bonds. The van der Waals surface area contributed by atoms with E-state index in [1.54, 1.807) is 18.2 Å². The first-order valence-corrected chi connectivity index (χ1v) is 5.49. The van der Waals surface area contributed by atoms with Crippen LogP contribution in [-0.2, 0) is 0 Å². The summed E-state index contributed by atoms with van der Waals surface area (Å²) in [6.45, 7) is 3.92. The molecule has 0 aliphatic rings. The third-order valence-electron chi connectivity index (χ3n) is 2.73. The van der Waals surface area contributed by atoms with Crippen LogP contribution in [0.5, 0.6) is 5.75 Å². The largest absolute Gasteiger partial charge is 0.508 e. The second kappa shape index (κ2) is 4.42. The molecule has 2 rings (SSSR count). The Balaban J connectivity index is 2.44. The van der Waals surface area contributed by atoms with Gasteiger partial charge in [-0.2, -0.15) is 0 Å². The van der Waals surface area contributed by atoms with E-state index in [4.69, 9.17) is 0 Å². The van der Waals surface area contributed by atoms with E-state index in [-0.39, 0.29) is 11.5 Å². The second-order valence-corrected chi connectivity index (χ2v) is 4.20. The van der Waals surface area contributed by atoms with Gasteiger partial charge in [-0.15, -0.1) is 0 Å². The fourth-order valence-electron chi connectivity index (χ4n) is 1.87. The van der Waals surface area contributed by atoms with Crippen molar-refractivity contribution in [2.45, 2.75) is 13.8 Å². The number of carbonyl (C=O) groups is 1. The number of carbonyl (C=O) groups excluding carboxylic acids is 1. The third kappa shape index (κ3) is 2.36. The maximum atomic E-state index is 12.2. The second-order valence-electron chi connectivity index (χ2n) is 4.20. The molecule has 0 radical (unpaired) electrons. The Kier molecular flexibility index (Phi) is 2.96. The van der Waals surface area contributed by atoms with Gasteiger partial charge in [0.2, 0.25) is 0 Å². The van der Waals surface area contributed by atoms with Crippen molar-refractivity contribution in [2.75, 3.05) is 0 Å². The summed E-state index contributed by atoms with van der Waals surface area (Å²) in [5.74, 6) is 0.0546. The summed E-state index contributed by atoms with van der Waals surface area (Å²) in [5, 5.41) is 9.37. The van der Waals surface area contributed by atoms with Crippen molar-refractivity contribution < 1.29 is 9.90 Å². The highest BCUT2D eigenvalue weighted by Crippen LogP contribution is 2.18. The van der Waals surface area contributed by atoms with Crippen molar-refractivity contribution in [3.8, 4) is 5.75 Å². The van der Waals surface area contributed by atoms with E-state index in [1.807, 2.05) is 32.0 Å². The number of hydrogen-bond donors (Lipinski definition) is 1. The molecular weight excluding hydrogens is 212 g/mol. The summed E-state index contributed by atoms with van der Waals surface area (Å²) in [4.78, 5) is 12.2. The van der Waals surface area contributed by atoms with Crippen molar-refractivity contribution in [3.05, 3.63) is 64.7 Å². The van der Waals surface area contributed by atoms with Crippen molar-refractivity contribution in [3.63, 3.8) is 0 Å². The van der Waals surface area contributed by atoms with Crippen LogP contribution < -0.4 is 0 Å². The van der Waals surface area contributed by atoms with E-state index < -0.39 is 0 Å². The first-order valence-electron chi connectivity index (χ1n) is 5.49. The summed E-state index contributed by atoms with van der Waals surface area (Å²) in [5.41, 5.74) is 3.28. The van der Waals surface area contributed by atoms with Crippen LogP contribution in [0.1, 0.15) is 27.0 Å². The molecule has 0 aliphatic carbocycles. The fourth-order valence-corrected chi connectivity index (χ4v) is 1.87. The predicted molar refractivity (Wildman–Crippen MR) is 67.5 cm³/mol. The summed E-state index contributed by atoms with van der Waals surface area (Å²) in [7, 11) is 0. The van der Waals surface area contributed by atoms with Crippen LogP contribution in [0.4, 0.5) is 0 Å². The van der Waals surface area contributed by atoms with Crippen LogP contribution in [0.3, 0.4) is 0 Å². The van der Waals surface area contributed by atoms with Gasteiger partial charge in [-0.3, -0.25) is 4.79 Å². The molecule has 0 bridgehead atoms. The molecule has 0 unspecified atom stereocenters. The molecule has 2 nitrogen and oxygen atoms in total. The number of rotatable bonds is 2. The number of aromatic hydroxyl groups is 1. The molecule has 0 aromatic heterocycles. The first-order chi connectivity index (χ1) is 8.08. The zero-order valence-electron chi connectivity index (χ0n) is 9.90. The van der Waals surface area contributed by atoms with Crippen LogP contribution >= 0.6 is 0 Å². The van der Waals surface area contributed by atoms with Crippen LogP contribution in [-0.4, -0.2) is 10.9 Å². The normalized spacial score (nSPS) is 10.2. The van der Waals surface area contributed by atoms with Gasteiger partial charge in [0.05, 0.1) is 0 Å². The number of aryl methyl sites for hydroxylation is 2. The van der Waals surface area contributed by atoms with Gasteiger partial charge in [0.1, 0.15) is 5.75 Å². The highest BCUT2D eigenvalue weighted by Gasteiger charge is 2.11. The van der Waals surface area contributed by atoms with Crippen molar-refractivity contribution in [1.29, 1.82) is 0 Å². The minimum absolute atomic E-state index is 0.0570. The highest BCUT2D eigenvalue weighted by atomic mass is 16.3. The lowest BCUT2D eigenvalue weighted by Crippen LogP contribution is -2.03. The van der Waals surface area contributed by atoms with Crippen molar-refractivity contribution in [1.82, 2.24) is 0 Å². The predicted octanol–water partition coefficient (Wildman–Crippen LogP) is 3.24. The Morgan fingerprint density at radius 2 is 1.82 bits per heavy atom. The van der Waals surface area contributed by atoms with Gasteiger partial charge in [-0.05, 0) is 31.5 Å². The minimum atomic E-state index is -0.0570. The zero-order chi connectivity index (χ0) is 12.4. The molecule has 0 atom stereocenters. The van der Waals surface area contributed by atoms with Gasteiger partial charge in [0, 0.05) is 11.1 Å². The van der Waals surface area contributed by atoms with Gasteiger partial charge < -0.3 is 5.11 Å². The van der Waals surface area contributed by atoms with Gasteiger partial charge in [0.15, 0.2) is 5.78 Å². The molecule has 1 N–H and O–H groups in total. The lowest BCUT2D eigenvalue weighted by Gasteiger charge is -2.06. The molecule has 0 spiro atoms. The summed E-state index contributed by atoms with van der Waals surface area (Å²) < 4.78 is 0. The van der Waals surface area contributed by atoms with E-state index in [1.165, 1.54) is 6.07 Å². The van der Waals surface area contributed by atoms with E-state index in [9.17, 15) is 9.90 Å². The van der Waals surface area contributed by atoms with E-state index in [0.717, 1.165) is 11.1 Å². The van der Waals surface area contributed by atoms with E-state index >= 15 is 0 Å². The van der Waals surface area contributed by atoms with Crippen LogP contribution in [0, 0.1) is 13.8 Å². The fraction of sp³-hybridized carbons (Fsp3) is 0.133. The van der Waals surface area contributed by atoms with Crippen molar-refractivity contribution >= 4 is 5.78 Å². The van der Waals surface area contributed by atoms with Crippen molar-refractivity contribution in [2.24, 2.45) is 0 Å². The zero-order valence-corrected chi connectivity index (χ0v) is 9.90. The van der Waals surface area contributed by atoms with Crippen LogP contribution in [0.2, 0.25) is 0 Å². The minimum Gasteiger partial charge on any atom is -0.508 e. The van der Waals surface area contributed by atoms with Gasteiger partial charge in [0.25, 0.3) is 0 Å². The Labute approximate surface area is 101 Å². The maximum absolute atomic E-state index is 12.2. The summed E-state index contributed by atoms with van der Waals surface area (Å²) >= 11 is 0. The van der Waals surface area contributed by atoms with Gasteiger partial charge >= 0.3 is 0 Å². The molecule has 0 saturated heterocycles. The average molecular weight is 226 g/mol. The quantitative estimate of drug-likeness (QED) is 0.798. The molecule has 0 heterocycles. The number of hydrogen-bond acceptors (Lipinski definition) is 2. The Hall–Kier alpha value is -2.09. The standard InChI is InChI=1S/C15H14O2/c1-10-6-7-14(11(2)8-10)15(17)12-4-3-5-13(16)9-12/h3-9,16H,1-2H3. The number of ketones is 1. The third-order valence-corrected chi connectivity index (χ3v) is 2.73. The molecule has 17 heavy (non-hydrogen) atoms. The van der Waals surface area contributed by atoms with Crippen LogP contribution in [0.25, 0.3) is 0 Å². The first kappa shape index (κ1) is 11.4. The Morgan fingerprint density at radius 1 is 1.06 bits per heavy atom. The smallest absolute Gasteiger partial charge is 0.193 e. The molecule has 2 aromatic carbocycles. The SMILES string of the molecule is Cc1ccc(C(=O)c2cccc(O)c2)c(C)c1. The van der Waals surface area contributed by atoms with Crippen LogP contribution in [0.15, 0.2) is 42.5 Å². The Morgan fingerprint density at radius 3 is 2.47 bits per heavy atom. The topological polar surface area (TPSA) is 37.3 Å². The average Bonchev–Trinajstić information content (AvgIpc) is 2.28. The molecule has 0 aliphatic heterocycles. The van der Waals surface area contributed by atoms with Gasteiger partial charge in [-0.25, -0.2) is 0 Å². The molecular formula is C15H14O2. The highest BCUT2D eigenvalue weighted by molar-refractivity contribution is 6.10. The van der Waals surface area contributed by atoms with Gasteiger partial charge in [-0.1, -0.05) is 35.9 Å². The molecule has 0 saturated carbocycles. The molecule has 0 fully saturated rings. The number of phenols is 1. The summed E-state index contributed by atoms with van der Waals surface area (Å²) in [6, 6.07) is 12.2. The molecule has 2 aromatic rings. The molecule has 2 heteroatoms. The lowest BCUT2D eigenvalue weighted by atomic mass is 9.97. The number of phenolic OH excluding ortho intramolecular Hbond substituents is 1. The molecule has 86 valence electrons. The number of benzene rings is 2. The van der Waals surface area contributed by atoms with E-state index in [0.29, 0.717) is 11.1 Å². The monoisotopic (exact) mass is 226 g/mol. The lowest BCUT2D eigenvalue weighted by molar-refractivity contribution is 0.103. The maximum Gasteiger partial charge on any atom is 0.193 e. The Bertz CT molecular complexity index is 571.